The summed E-state index contributed by atoms with van der Waals surface area (Å²) >= 11 is 0. The van der Waals surface area contributed by atoms with Gasteiger partial charge in [-0.25, -0.2) is 13.6 Å². The summed E-state index contributed by atoms with van der Waals surface area (Å²) in [6.45, 7) is 0.707. The minimum absolute atomic E-state index is 0.0869. The Balaban J connectivity index is 2.24. The summed E-state index contributed by atoms with van der Waals surface area (Å²) in [6.07, 6.45) is -3.75. The Bertz CT molecular complexity index is 737. The number of ether oxygens (including phenoxy) is 1. The van der Waals surface area contributed by atoms with Crippen molar-refractivity contribution in [3.05, 3.63) is 59.2 Å². The van der Waals surface area contributed by atoms with Gasteiger partial charge in [-0.15, -0.1) is 0 Å². The number of halogens is 2. The number of hydrogen-bond donors (Lipinski definition) is 3. The minimum atomic E-state index is -2.60. The number of aliphatic hydroxyl groups excluding tert-OH is 2. The van der Waals surface area contributed by atoms with E-state index >= 15 is 0 Å². The zero-order chi connectivity index (χ0) is 18.4. The lowest BCUT2D eigenvalue weighted by Crippen LogP contribution is -2.22. The van der Waals surface area contributed by atoms with Crippen molar-refractivity contribution in [2.75, 3.05) is 18.5 Å². The lowest BCUT2D eigenvalue weighted by molar-refractivity contribution is 0.00941. The monoisotopic (exact) mass is 351 g/mol. The van der Waals surface area contributed by atoms with Gasteiger partial charge < -0.3 is 20.3 Å². The summed E-state index contributed by atoms with van der Waals surface area (Å²) in [6, 6.07) is 11.0. The molecule has 2 aromatic rings. The molecule has 2 rings (SSSR count). The van der Waals surface area contributed by atoms with E-state index in [0.29, 0.717) is 16.9 Å². The van der Waals surface area contributed by atoms with Gasteiger partial charge in [0.1, 0.15) is 12.7 Å². The van der Waals surface area contributed by atoms with Crippen LogP contribution in [-0.4, -0.2) is 35.5 Å². The van der Waals surface area contributed by atoms with Crippen molar-refractivity contribution in [2.45, 2.75) is 19.5 Å². The Morgan fingerprint density at radius 1 is 1.16 bits per heavy atom. The van der Waals surface area contributed by atoms with Crippen LogP contribution >= 0.6 is 0 Å². The molecule has 0 amide bonds. The first kappa shape index (κ1) is 18.8. The zero-order valence-corrected chi connectivity index (χ0v) is 13.6. The van der Waals surface area contributed by atoms with Crippen LogP contribution < -0.4 is 5.32 Å². The molecule has 0 bridgehead atoms. The number of esters is 1. The second kappa shape index (κ2) is 8.55. The van der Waals surface area contributed by atoms with Gasteiger partial charge in [-0.2, -0.15) is 0 Å². The number of aliphatic hydroxyl groups is 2. The highest BCUT2D eigenvalue weighted by Crippen LogP contribution is 2.30. The topological polar surface area (TPSA) is 78.8 Å². The predicted molar refractivity (Wildman–Crippen MR) is 89.2 cm³/mol. The number of hydrogen-bond acceptors (Lipinski definition) is 5. The highest BCUT2D eigenvalue weighted by Gasteiger charge is 2.17. The molecule has 3 N–H and O–H groups in total. The number of alkyl halides is 2. The Morgan fingerprint density at radius 2 is 1.84 bits per heavy atom. The van der Waals surface area contributed by atoms with Crippen LogP contribution in [0.1, 0.15) is 27.9 Å². The summed E-state index contributed by atoms with van der Waals surface area (Å²) in [5.74, 6) is -0.696. The first-order valence-corrected chi connectivity index (χ1v) is 7.63. The van der Waals surface area contributed by atoms with Gasteiger partial charge in [0.15, 0.2) is 0 Å². The molecule has 0 aromatic heterocycles. The van der Waals surface area contributed by atoms with Crippen molar-refractivity contribution in [3.63, 3.8) is 0 Å². The van der Waals surface area contributed by atoms with Crippen molar-refractivity contribution >= 4 is 17.3 Å². The molecule has 0 aliphatic rings. The molecule has 0 aliphatic heterocycles. The summed E-state index contributed by atoms with van der Waals surface area (Å²) < 4.78 is 31.0. The molecule has 25 heavy (non-hydrogen) atoms. The molecule has 1 atom stereocenters. The van der Waals surface area contributed by atoms with Crippen LogP contribution in [0, 0.1) is 6.92 Å². The molecule has 0 radical (unpaired) electrons. The predicted octanol–water partition coefficient (Wildman–Crippen LogP) is 3.19. The van der Waals surface area contributed by atoms with E-state index in [-0.39, 0.29) is 17.7 Å². The second-order valence-corrected chi connectivity index (χ2v) is 5.43. The first-order chi connectivity index (χ1) is 11.9. The van der Waals surface area contributed by atoms with E-state index in [4.69, 9.17) is 9.84 Å². The molecule has 7 heteroatoms. The number of carbonyl (C=O) groups excluding carboxylic acids is 1. The molecule has 0 saturated carbocycles. The van der Waals surface area contributed by atoms with Crippen molar-refractivity contribution in [3.8, 4) is 0 Å². The minimum Gasteiger partial charge on any atom is -0.459 e. The highest BCUT2D eigenvalue weighted by atomic mass is 19.3. The van der Waals surface area contributed by atoms with Crippen LogP contribution in [0.15, 0.2) is 42.5 Å². The Hall–Kier alpha value is -2.51. The molecule has 0 saturated heterocycles. The third kappa shape index (κ3) is 4.74. The van der Waals surface area contributed by atoms with E-state index in [1.54, 1.807) is 31.2 Å². The molecular weight excluding hydrogens is 332 g/mol. The van der Waals surface area contributed by atoms with Gasteiger partial charge >= 0.3 is 5.97 Å². The number of nitrogens with one attached hydrogen (secondary N) is 1. The lowest BCUT2D eigenvalue weighted by atomic mass is 10.1. The molecule has 5 nitrogen and oxygen atoms in total. The highest BCUT2D eigenvalue weighted by molar-refractivity contribution is 5.96. The third-order valence-electron chi connectivity index (χ3n) is 3.64. The first-order valence-electron chi connectivity index (χ1n) is 7.63. The van der Waals surface area contributed by atoms with Gasteiger partial charge in [-0.05, 0) is 30.7 Å². The number of rotatable bonds is 7. The van der Waals surface area contributed by atoms with Crippen molar-refractivity contribution in [1.29, 1.82) is 0 Å². The molecule has 0 aliphatic carbocycles. The van der Waals surface area contributed by atoms with Gasteiger partial charge in [-0.1, -0.05) is 24.3 Å². The average molecular weight is 351 g/mol. The zero-order valence-electron chi connectivity index (χ0n) is 13.6. The van der Waals surface area contributed by atoms with Gasteiger partial charge in [0.2, 0.25) is 0 Å². The van der Waals surface area contributed by atoms with Gasteiger partial charge in [0.25, 0.3) is 6.43 Å². The summed E-state index contributed by atoms with van der Waals surface area (Å²) in [5.41, 5.74) is 1.33. The van der Waals surface area contributed by atoms with E-state index in [1.165, 1.54) is 18.2 Å². The number of anilines is 2. The second-order valence-electron chi connectivity index (χ2n) is 5.43. The van der Waals surface area contributed by atoms with Crippen LogP contribution in [0.25, 0.3) is 0 Å². The summed E-state index contributed by atoms with van der Waals surface area (Å²) in [7, 11) is 0. The number of benzene rings is 2. The summed E-state index contributed by atoms with van der Waals surface area (Å²) in [5, 5.41) is 21.0. The van der Waals surface area contributed by atoms with Gasteiger partial charge in [0.05, 0.1) is 17.9 Å². The maximum atomic E-state index is 13.0. The van der Waals surface area contributed by atoms with E-state index < -0.39 is 25.1 Å². The molecule has 134 valence electrons. The van der Waals surface area contributed by atoms with E-state index in [2.05, 4.69) is 5.32 Å². The Morgan fingerprint density at radius 3 is 2.52 bits per heavy atom. The van der Waals surface area contributed by atoms with E-state index in [0.717, 1.165) is 0 Å². The van der Waals surface area contributed by atoms with Crippen molar-refractivity contribution in [2.24, 2.45) is 0 Å². The Kier molecular flexibility index (Phi) is 6.44. The lowest BCUT2D eigenvalue weighted by Gasteiger charge is -2.16. The van der Waals surface area contributed by atoms with Gasteiger partial charge in [-0.3, -0.25) is 0 Å². The van der Waals surface area contributed by atoms with E-state index in [9.17, 15) is 18.7 Å². The molecule has 0 heterocycles. The van der Waals surface area contributed by atoms with Gasteiger partial charge in [0, 0.05) is 11.3 Å². The molecule has 2 aromatic carbocycles. The third-order valence-corrected chi connectivity index (χ3v) is 3.64. The van der Waals surface area contributed by atoms with Crippen molar-refractivity contribution in [1.82, 2.24) is 0 Å². The van der Waals surface area contributed by atoms with E-state index in [1.807, 2.05) is 0 Å². The standard InChI is InChI=1S/C18H19F2NO4/c1-11-13(17(19)20)6-4-8-15(11)21-16-7-3-2-5-14(16)18(24)25-10-12(23)9-22/h2-8,12,17,21-23H,9-10H2,1H3. The van der Waals surface area contributed by atoms with Crippen LogP contribution in [0.3, 0.4) is 0 Å². The number of para-hydroxylation sites is 1. The van der Waals surface area contributed by atoms with Crippen LogP contribution in [0.4, 0.5) is 20.2 Å². The fourth-order valence-electron chi connectivity index (χ4n) is 2.24. The molecule has 1 unspecified atom stereocenters. The fourth-order valence-corrected chi connectivity index (χ4v) is 2.24. The molecular formula is C18H19F2NO4. The molecule has 0 spiro atoms. The van der Waals surface area contributed by atoms with Crippen LogP contribution in [0.2, 0.25) is 0 Å². The Labute approximate surface area is 143 Å². The van der Waals surface area contributed by atoms with Crippen molar-refractivity contribution < 1.29 is 28.5 Å². The maximum absolute atomic E-state index is 13.0. The fraction of sp³-hybridized carbons (Fsp3) is 0.278. The smallest absolute Gasteiger partial charge is 0.340 e. The van der Waals surface area contributed by atoms with Crippen LogP contribution in [0.5, 0.6) is 0 Å². The normalized spacial score (nSPS) is 12.1. The molecule has 0 fully saturated rings. The quantitative estimate of drug-likeness (QED) is 0.668. The van der Waals surface area contributed by atoms with Crippen LogP contribution in [-0.2, 0) is 4.74 Å². The average Bonchev–Trinajstić information content (AvgIpc) is 2.61. The maximum Gasteiger partial charge on any atom is 0.340 e. The largest absolute Gasteiger partial charge is 0.459 e. The summed E-state index contributed by atoms with van der Waals surface area (Å²) in [4.78, 5) is 12.2. The SMILES string of the molecule is Cc1c(Nc2ccccc2C(=O)OCC(O)CO)cccc1C(F)F. The number of carbonyl (C=O) groups is 1.